The summed E-state index contributed by atoms with van der Waals surface area (Å²) in [6.45, 7) is 6.06. The first-order chi connectivity index (χ1) is 7.79. The summed E-state index contributed by atoms with van der Waals surface area (Å²) < 4.78 is 0. The van der Waals surface area contributed by atoms with E-state index >= 15 is 0 Å². The summed E-state index contributed by atoms with van der Waals surface area (Å²) in [4.78, 5) is 15.3. The standard InChI is InChI=1S/C12H18N2OS/c1-10(12(15)11-4-2-9-16-11)14-7-3-5-13-6-8-14/h2,4,9-10,13H,3,5-8H2,1H3. The largest absolute Gasteiger partial charge is 0.315 e. The molecule has 2 rings (SSSR count). The van der Waals surface area contributed by atoms with Crippen LogP contribution in [0.15, 0.2) is 17.5 Å². The minimum Gasteiger partial charge on any atom is -0.315 e. The fraction of sp³-hybridized carbons (Fsp3) is 0.583. The van der Waals surface area contributed by atoms with Crippen LogP contribution in [0, 0.1) is 0 Å². The summed E-state index contributed by atoms with van der Waals surface area (Å²) in [7, 11) is 0. The van der Waals surface area contributed by atoms with E-state index in [4.69, 9.17) is 0 Å². The molecular formula is C12H18N2OS. The molecule has 0 spiro atoms. The molecule has 1 aliphatic heterocycles. The van der Waals surface area contributed by atoms with Gasteiger partial charge in [0.15, 0.2) is 5.78 Å². The van der Waals surface area contributed by atoms with Crippen molar-refractivity contribution in [2.45, 2.75) is 19.4 Å². The molecule has 1 aliphatic rings. The van der Waals surface area contributed by atoms with Gasteiger partial charge in [-0.2, -0.15) is 0 Å². The summed E-state index contributed by atoms with van der Waals surface area (Å²) in [6, 6.07) is 3.87. The number of carbonyl (C=O) groups excluding carboxylic acids is 1. The molecule has 1 atom stereocenters. The molecule has 4 heteroatoms. The van der Waals surface area contributed by atoms with E-state index in [-0.39, 0.29) is 11.8 Å². The highest BCUT2D eigenvalue weighted by Gasteiger charge is 2.23. The van der Waals surface area contributed by atoms with Gasteiger partial charge in [-0.3, -0.25) is 9.69 Å². The number of hydrogen-bond acceptors (Lipinski definition) is 4. The molecule has 0 saturated carbocycles. The highest BCUT2D eigenvalue weighted by molar-refractivity contribution is 7.12. The van der Waals surface area contributed by atoms with Crippen molar-refractivity contribution < 1.29 is 4.79 Å². The Hall–Kier alpha value is -0.710. The van der Waals surface area contributed by atoms with Gasteiger partial charge in [0.1, 0.15) is 0 Å². The third-order valence-electron chi connectivity index (χ3n) is 3.07. The van der Waals surface area contributed by atoms with E-state index in [0.29, 0.717) is 0 Å². The molecule has 0 aromatic carbocycles. The number of rotatable bonds is 3. The van der Waals surface area contributed by atoms with Crippen LogP contribution in [0.2, 0.25) is 0 Å². The molecule has 1 N–H and O–H groups in total. The van der Waals surface area contributed by atoms with E-state index in [9.17, 15) is 4.79 Å². The number of ketones is 1. The molecule has 1 saturated heterocycles. The second-order valence-electron chi connectivity index (χ2n) is 4.16. The van der Waals surface area contributed by atoms with E-state index in [1.807, 2.05) is 24.4 Å². The van der Waals surface area contributed by atoms with Crippen LogP contribution in [-0.2, 0) is 0 Å². The van der Waals surface area contributed by atoms with Gasteiger partial charge in [-0.05, 0) is 31.3 Å². The van der Waals surface area contributed by atoms with Crippen molar-refractivity contribution in [1.82, 2.24) is 10.2 Å². The van der Waals surface area contributed by atoms with Gasteiger partial charge in [0.2, 0.25) is 0 Å². The van der Waals surface area contributed by atoms with Gasteiger partial charge in [0.05, 0.1) is 10.9 Å². The maximum absolute atomic E-state index is 12.2. The SMILES string of the molecule is CC(C(=O)c1cccs1)N1CCCNCC1. The Morgan fingerprint density at radius 1 is 1.50 bits per heavy atom. The van der Waals surface area contributed by atoms with Crippen molar-refractivity contribution in [3.63, 3.8) is 0 Å². The number of nitrogens with one attached hydrogen (secondary N) is 1. The Labute approximate surface area is 100 Å². The van der Waals surface area contributed by atoms with Crippen molar-refractivity contribution in [3.05, 3.63) is 22.4 Å². The van der Waals surface area contributed by atoms with Gasteiger partial charge in [0.25, 0.3) is 0 Å². The van der Waals surface area contributed by atoms with Gasteiger partial charge < -0.3 is 5.32 Å². The Balaban J connectivity index is 2.00. The Morgan fingerprint density at radius 2 is 2.38 bits per heavy atom. The molecule has 1 unspecified atom stereocenters. The number of nitrogens with zero attached hydrogens (tertiary/aromatic N) is 1. The van der Waals surface area contributed by atoms with Crippen LogP contribution in [0.4, 0.5) is 0 Å². The lowest BCUT2D eigenvalue weighted by atomic mass is 10.1. The summed E-state index contributed by atoms with van der Waals surface area (Å²) in [5.41, 5.74) is 0. The molecule has 16 heavy (non-hydrogen) atoms. The van der Waals surface area contributed by atoms with Crippen LogP contribution in [-0.4, -0.2) is 42.9 Å². The summed E-state index contributed by atoms with van der Waals surface area (Å²) >= 11 is 1.54. The Morgan fingerprint density at radius 3 is 3.12 bits per heavy atom. The highest BCUT2D eigenvalue weighted by atomic mass is 32.1. The normalized spacial score (nSPS) is 20.3. The molecule has 3 nitrogen and oxygen atoms in total. The first kappa shape index (κ1) is 11.8. The Bertz CT molecular complexity index is 329. The summed E-state index contributed by atoms with van der Waals surface area (Å²) in [6.07, 6.45) is 1.13. The second kappa shape index (κ2) is 5.57. The fourth-order valence-corrected chi connectivity index (χ4v) is 2.79. The summed E-state index contributed by atoms with van der Waals surface area (Å²) in [5.74, 6) is 0.261. The van der Waals surface area contributed by atoms with Gasteiger partial charge in [-0.15, -0.1) is 11.3 Å². The van der Waals surface area contributed by atoms with Crippen LogP contribution in [0.5, 0.6) is 0 Å². The van der Waals surface area contributed by atoms with E-state index in [0.717, 1.165) is 37.5 Å². The maximum atomic E-state index is 12.2. The Kier molecular flexibility index (Phi) is 4.09. The first-order valence-electron chi connectivity index (χ1n) is 5.81. The minimum atomic E-state index is 0.0125. The number of hydrogen-bond donors (Lipinski definition) is 1. The first-order valence-corrected chi connectivity index (χ1v) is 6.69. The molecule has 0 radical (unpaired) electrons. The zero-order valence-electron chi connectivity index (χ0n) is 9.61. The van der Waals surface area contributed by atoms with Gasteiger partial charge >= 0.3 is 0 Å². The number of carbonyl (C=O) groups is 1. The van der Waals surface area contributed by atoms with Crippen LogP contribution in [0.25, 0.3) is 0 Å². The maximum Gasteiger partial charge on any atom is 0.189 e. The predicted octanol–water partition coefficient (Wildman–Crippen LogP) is 1.61. The van der Waals surface area contributed by atoms with E-state index < -0.39 is 0 Å². The van der Waals surface area contributed by atoms with Crippen LogP contribution in [0.3, 0.4) is 0 Å². The molecule has 88 valence electrons. The lowest BCUT2D eigenvalue weighted by Crippen LogP contribution is -2.40. The topological polar surface area (TPSA) is 32.3 Å². The van der Waals surface area contributed by atoms with Crippen molar-refractivity contribution >= 4 is 17.1 Å². The number of Topliss-reactive ketones (excluding diaryl/α,β-unsaturated/α-hetero) is 1. The van der Waals surface area contributed by atoms with E-state index in [1.54, 1.807) is 0 Å². The zero-order valence-corrected chi connectivity index (χ0v) is 10.4. The van der Waals surface area contributed by atoms with Gasteiger partial charge in [-0.1, -0.05) is 6.07 Å². The third kappa shape index (κ3) is 2.70. The molecule has 1 aromatic rings. The third-order valence-corrected chi connectivity index (χ3v) is 3.95. The smallest absolute Gasteiger partial charge is 0.189 e. The molecule has 0 bridgehead atoms. The quantitative estimate of drug-likeness (QED) is 0.812. The van der Waals surface area contributed by atoms with Crippen molar-refractivity contribution in [3.8, 4) is 0 Å². The summed E-state index contributed by atoms with van der Waals surface area (Å²) in [5, 5.41) is 5.32. The lowest BCUT2D eigenvalue weighted by Gasteiger charge is -2.25. The van der Waals surface area contributed by atoms with Crippen LogP contribution < -0.4 is 5.32 Å². The van der Waals surface area contributed by atoms with Crippen LogP contribution >= 0.6 is 11.3 Å². The van der Waals surface area contributed by atoms with Crippen molar-refractivity contribution in [2.75, 3.05) is 26.2 Å². The molecular weight excluding hydrogens is 220 g/mol. The molecule has 2 heterocycles. The molecule has 0 amide bonds. The fourth-order valence-electron chi connectivity index (χ4n) is 2.04. The van der Waals surface area contributed by atoms with Gasteiger partial charge in [-0.25, -0.2) is 0 Å². The van der Waals surface area contributed by atoms with Crippen molar-refractivity contribution in [1.29, 1.82) is 0 Å². The highest BCUT2D eigenvalue weighted by Crippen LogP contribution is 2.15. The van der Waals surface area contributed by atoms with Gasteiger partial charge in [0, 0.05) is 19.6 Å². The molecule has 0 aliphatic carbocycles. The number of thiophene rings is 1. The zero-order chi connectivity index (χ0) is 11.4. The predicted molar refractivity (Wildman–Crippen MR) is 67.2 cm³/mol. The van der Waals surface area contributed by atoms with E-state index in [2.05, 4.69) is 10.2 Å². The minimum absolute atomic E-state index is 0.0125. The average Bonchev–Trinajstić information content (AvgIpc) is 2.70. The molecule has 1 aromatic heterocycles. The monoisotopic (exact) mass is 238 g/mol. The van der Waals surface area contributed by atoms with E-state index in [1.165, 1.54) is 11.3 Å². The van der Waals surface area contributed by atoms with Crippen molar-refractivity contribution in [2.24, 2.45) is 0 Å². The van der Waals surface area contributed by atoms with Crippen LogP contribution in [0.1, 0.15) is 23.0 Å². The average molecular weight is 238 g/mol. The molecule has 1 fully saturated rings. The lowest BCUT2D eigenvalue weighted by molar-refractivity contribution is 0.0851. The second-order valence-corrected chi connectivity index (χ2v) is 5.10.